The molecule has 33 heavy (non-hydrogen) atoms. The summed E-state index contributed by atoms with van der Waals surface area (Å²) in [4.78, 5) is 14.5. The Hall–Kier alpha value is -3.59. The van der Waals surface area contributed by atoms with Crippen LogP contribution in [0.2, 0.25) is 0 Å². The van der Waals surface area contributed by atoms with Crippen LogP contribution in [0.5, 0.6) is 11.5 Å². The molecular weight excluding hydrogens is 420 g/mol. The number of anilines is 1. The first-order chi connectivity index (χ1) is 15.8. The molecule has 0 saturated carbocycles. The number of nitrogens with two attached hydrogens (primary N) is 1. The highest BCUT2D eigenvalue weighted by Crippen LogP contribution is 2.38. The summed E-state index contributed by atoms with van der Waals surface area (Å²) in [5, 5.41) is 32.3. The van der Waals surface area contributed by atoms with Crippen molar-refractivity contribution in [2.75, 3.05) is 31.5 Å². The van der Waals surface area contributed by atoms with Gasteiger partial charge in [0.1, 0.15) is 11.5 Å². The van der Waals surface area contributed by atoms with Crippen LogP contribution in [-0.4, -0.2) is 62.0 Å². The fourth-order valence-corrected chi connectivity index (χ4v) is 4.19. The van der Waals surface area contributed by atoms with E-state index in [1.165, 1.54) is 23.5 Å². The monoisotopic (exact) mass is 450 g/mol. The summed E-state index contributed by atoms with van der Waals surface area (Å²) in [6, 6.07) is 10.5. The molecule has 1 aliphatic rings. The van der Waals surface area contributed by atoms with E-state index in [9.17, 15) is 15.0 Å². The van der Waals surface area contributed by atoms with Gasteiger partial charge in [-0.1, -0.05) is 13.8 Å². The number of benzene rings is 2. The smallest absolute Gasteiger partial charge is 0.287 e. The van der Waals surface area contributed by atoms with Gasteiger partial charge in [-0.2, -0.15) is 0 Å². The molecule has 1 saturated heterocycles. The van der Waals surface area contributed by atoms with Gasteiger partial charge in [0, 0.05) is 30.5 Å². The van der Waals surface area contributed by atoms with E-state index >= 15 is 0 Å². The minimum atomic E-state index is -0.732. The van der Waals surface area contributed by atoms with E-state index in [0.717, 1.165) is 31.9 Å². The Bertz CT molecular complexity index is 1130. The maximum atomic E-state index is 12.1. The van der Waals surface area contributed by atoms with Gasteiger partial charge in [-0.3, -0.25) is 9.36 Å². The van der Waals surface area contributed by atoms with E-state index in [1.54, 1.807) is 6.07 Å². The van der Waals surface area contributed by atoms with Crippen LogP contribution in [0.1, 0.15) is 48.8 Å². The zero-order valence-electron chi connectivity index (χ0n) is 19.0. The Morgan fingerprint density at radius 3 is 2.42 bits per heavy atom. The van der Waals surface area contributed by atoms with Crippen molar-refractivity contribution in [2.24, 2.45) is 5.73 Å². The van der Waals surface area contributed by atoms with Crippen molar-refractivity contribution in [3.63, 3.8) is 0 Å². The summed E-state index contributed by atoms with van der Waals surface area (Å²) < 4.78 is 1.52. The predicted octanol–water partition coefficient (Wildman–Crippen LogP) is 3.08. The zero-order chi connectivity index (χ0) is 23.5. The van der Waals surface area contributed by atoms with Gasteiger partial charge >= 0.3 is 0 Å². The Morgan fingerprint density at radius 1 is 1.09 bits per heavy atom. The average molecular weight is 451 g/mol. The minimum absolute atomic E-state index is 0.00297. The number of primary amides is 1. The second-order valence-electron chi connectivity index (χ2n) is 8.65. The molecule has 2 heterocycles. The number of carbonyl (C=O) groups excluding carboxylic acids is 1. The fourth-order valence-electron chi connectivity index (χ4n) is 4.19. The molecule has 9 heteroatoms. The molecule has 0 bridgehead atoms. The quantitative estimate of drug-likeness (QED) is 0.415. The number of amides is 1. The van der Waals surface area contributed by atoms with E-state index in [-0.39, 0.29) is 29.1 Å². The second-order valence-corrected chi connectivity index (χ2v) is 8.65. The SMILES string of the molecule is CC(C)c1cc(-c2nnc(C(N)=O)n2-c2ccc(NCCN3CCCC3)cc2)c(O)cc1O. The molecular formula is C24H30N6O3. The van der Waals surface area contributed by atoms with Gasteiger partial charge in [-0.15, -0.1) is 10.2 Å². The summed E-state index contributed by atoms with van der Waals surface area (Å²) in [6.07, 6.45) is 2.54. The normalized spacial score (nSPS) is 14.2. The average Bonchev–Trinajstić information content (AvgIpc) is 3.44. The maximum absolute atomic E-state index is 12.1. The summed E-state index contributed by atoms with van der Waals surface area (Å²) in [6.45, 7) is 8.05. The summed E-state index contributed by atoms with van der Waals surface area (Å²) in [5.74, 6) is -0.666. The summed E-state index contributed by atoms with van der Waals surface area (Å²) >= 11 is 0. The number of aromatic hydroxyl groups is 2. The third kappa shape index (κ3) is 4.78. The molecule has 0 spiro atoms. The molecule has 1 aliphatic heterocycles. The molecule has 5 N–H and O–H groups in total. The highest BCUT2D eigenvalue weighted by atomic mass is 16.3. The highest BCUT2D eigenvalue weighted by molar-refractivity contribution is 5.91. The third-order valence-corrected chi connectivity index (χ3v) is 5.97. The van der Waals surface area contributed by atoms with Crippen LogP contribution in [0, 0.1) is 0 Å². The standard InChI is InChI=1S/C24H30N6O3/c1-15(2)18-13-19(21(32)14-20(18)31)23-27-28-24(22(25)33)30(23)17-7-5-16(6-8-17)26-9-12-29-10-3-4-11-29/h5-8,13-15,26,31-32H,3-4,9-12H2,1-2H3,(H2,25,33). The van der Waals surface area contributed by atoms with Gasteiger partial charge < -0.3 is 26.2 Å². The van der Waals surface area contributed by atoms with Crippen molar-refractivity contribution in [1.29, 1.82) is 0 Å². The number of nitrogens with one attached hydrogen (secondary N) is 1. The molecule has 1 amide bonds. The lowest BCUT2D eigenvalue weighted by Crippen LogP contribution is -2.25. The van der Waals surface area contributed by atoms with Gasteiger partial charge in [0.2, 0.25) is 5.82 Å². The number of phenolic OH excluding ortho intramolecular Hbond substituents is 2. The van der Waals surface area contributed by atoms with E-state index < -0.39 is 5.91 Å². The van der Waals surface area contributed by atoms with Crippen LogP contribution in [0.4, 0.5) is 5.69 Å². The van der Waals surface area contributed by atoms with Crippen molar-refractivity contribution < 1.29 is 15.0 Å². The van der Waals surface area contributed by atoms with Crippen molar-refractivity contribution >= 4 is 11.6 Å². The topological polar surface area (TPSA) is 130 Å². The Kier molecular flexibility index (Phi) is 6.50. The number of carbonyl (C=O) groups is 1. The largest absolute Gasteiger partial charge is 0.508 e. The predicted molar refractivity (Wildman–Crippen MR) is 127 cm³/mol. The van der Waals surface area contributed by atoms with Crippen LogP contribution < -0.4 is 11.1 Å². The van der Waals surface area contributed by atoms with Gasteiger partial charge in [-0.25, -0.2) is 0 Å². The number of likely N-dealkylation sites (tertiary alicyclic amines) is 1. The summed E-state index contributed by atoms with van der Waals surface area (Å²) in [7, 11) is 0. The molecule has 2 aromatic carbocycles. The zero-order valence-corrected chi connectivity index (χ0v) is 19.0. The number of hydrogen-bond donors (Lipinski definition) is 4. The van der Waals surface area contributed by atoms with E-state index in [2.05, 4.69) is 20.4 Å². The van der Waals surface area contributed by atoms with Crippen molar-refractivity contribution in [3.8, 4) is 28.6 Å². The van der Waals surface area contributed by atoms with Gasteiger partial charge in [0.15, 0.2) is 5.82 Å². The molecule has 4 rings (SSSR count). The number of rotatable bonds is 8. The van der Waals surface area contributed by atoms with Crippen LogP contribution >= 0.6 is 0 Å². The molecule has 0 aliphatic carbocycles. The van der Waals surface area contributed by atoms with Crippen LogP contribution in [-0.2, 0) is 0 Å². The lowest BCUT2D eigenvalue weighted by Gasteiger charge is -2.16. The van der Waals surface area contributed by atoms with E-state index in [4.69, 9.17) is 5.73 Å². The Balaban J connectivity index is 1.65. The van der Waals surface area contributed by atoms with E-state index in [0.29, 0.717) is 16.8 Å². The third-order valence-electron chi connectivity index (χ3n) is 5.97. The Labute approximate surface area is 192 Å². The molecule has 1 aromatic heterocycles. The van der Waals surface area contributed by atoms with Crippen LogP contribution in [0.3, 0.4) is 0 Å². The first kappa shape index (κ1) is 22.6. The van der Waals surface area contributed by atoms with Crippen LogP contribution in [0.25, 0.3) is 17.1 Å². The van der Waals surface area contributed by atoms with Gasteiger partial charge in [-0.05, 0) is 67.7 Å². The number of hydrogen-bond acceptors (Lipinski definition) is 7. The molecule has 1 fully saturated rings. The first-order valence-electron chi connectivity index (χ1n) is 11.2. The Morgan fingerprint density at radius 2 is 1.79 bits per heavy atom. The highest BCUT2D eigenvalue weighted by Gasteiger charge is 2.23. The molecule has 174 valence electrons. The van der Waals surface area contributed by atoms with Crippen molar-refractivity contribution in [3.05, 3.63) is 47.8 Å². The van der Waals surface area contributed by atoms with Gasteiger partial charge in [0.05, 0.1) is 5.56 Å². The molecule has 0 unspecified atom stereocenters. The lowest BCUT2D eigenvalue weighted by atomic mass is 9.98. The fraction of sp³-hybridized carbons (Fsp3) is 0.375. The maximum Gasteiger partial charge on any atom is 0.287 e. The first-order valence-corrected chi connectivity index (χ1v) is 11.2. The summed E-state index contributed by atoms with van der Waals surface area (Å²) in [5.41, 5.74) is 8.15. The number of aromatic nitrogens is 3. The molecule has 0 atom stereocenters. The molecule has 9 nitrogen and oxygen atoms in total. The van der Waals surface area contributed by atoms with Crippen molar-refractivity contribution in [1.82, 2.24) is 19.7 Å². The second kappa shape index (κ2) is 9.50. The molecule has 0 radical (unpaired) electrons. The lowest BCUT2D eigenvalue weighted by molar-refractivity contribution is 0.0988. The van der Waals surface area contributed by atoms with Gasteiger partial charge in [0.25, 0.3) is 5.91 Å². The van der Waals surface area contributed by atoms with E-state index in [1.807, 2.05) is 38.1 Å². The minimum Gasteiger partial charge on any atom is -0.508 e. The van der Waals surface area contributed by atoms with Crippen molar-refractivity contribution in [2.45, 2.75) is 32.6 Å². The number of phenols is 2. The number of nitrogens with zero attached hydrogens (tertiary/aromatic N) is 4. The van der Waals surface area contributed by atoms with Crippen LogP contribution in [0.15, 0.2) is 36.4 Å². The molecule has 3 aromatic rings.